The maximum absolute atomic E-state index is 13.5. The molecule has 4 aromatic rings. The van der Waals surface area contributed by atoms with Crippen LogP contribution in [0.2, 0.25) is 5.02 Å². The number of Topliss-reactive ketones (excluding diaryl/α,β-unsaturated/α-hetero) is 1. The first-order chi connectivity index (χ1) is 15.5. The van der Waals surface area contributed by atoms with Crippen LogP contribution in [0, 0.1) is 6.92 Å². The highest BCUT2D eigenvalue weighted by Gasteiger charge is 2.47. The van der Waals surface area contributed by atoms with Gasteiger partial charge in [0, 0.05) is 17.3 Å². The molecule has 0 radical (unpaired) electrons. The Balaban J connectivity index is 1.59. The summed E-state index contributed by atoms with van der Waals surface area (Å²) in [6.45, 7) is 1.81. The van der Waals surface area contributed by atoms with Crippen LogP contribution in [0.4, 0.5) is 10.5 Å². The van der Waals surface area contributed by atoms with Crippen molar-refractivity contribution < 1.29 is 19.1 Å². The van der Waals surface area contributed by atoms with Crippen LogP contribution in [0.25, 0.3) is 16.8 Å². The van der Waals surface area contributed by atoms with Crippen LogP contribution >= 0.6 is 11.6 Å². The molecular formula is C25H17ClN2O4. The molecule has 2 aromatic heterocycles. The summed E-state index contributed by atoms with van der Waals surface area (Å²) in [5.41, 5.74) is 3.52. The number of ether oxygens (including phenoxy) is 1. The summed E-state index contributed by atoms with van der Waals surface area (Å²) in [5, 5.41) is 0.216. The van der Waals surface area contributed by atoms with Crippen molar-refractivity contribution in [3.05, 3.63) is 95.1 Å². The lowest BCUT2D eigenvalue weighted by atomic mass is 10.0. The van der Waals surface area contributed by atoms with Gasteiger partial charge in [-0.25, -0.2) is 9.69 Å². The SMILES string of the molecule is Cc1ccc(Cl)c(N2C(=O)OC(C(=O)c3cc4ccccn4c3-c3ccccc3)C2=O)c1. The molecule has 0 spiro atoms. The number of benzene rings is 2. The molecule has 7 heteroatoms. The second-order valence-electron chi connectivity index (χ2n) is 7.52. The number of rotatable bonds is 4. The van der Waals surface area contributed by atoms with Crippen molar-refractivity contribution in [2.75, 3.05) is 4.90 Å². The number of aromatic nitrogens is 1. The van der Waals surface area contributed by atoms with Gasteiger partial charge in [0.05, 0.1) is 16.4 Å². The van der Waals surface area contributed by atoms with Gasteiger partial charge in [-0.1, -0.05) is 54.1 Å². The smallest absolute Gasteiger partial charge is 0.422 e. The van der Waals surface area contributed by atoms with Crippen molar-refractivity contribution in [3.8, 4) is 11.3 Å². The average molecular weight is 445 g/mol. The molecule has 1 aliphatic rings. The average Bonchev–Trinajstić information content (AvgIpc) is 3.33. The summed E-state index contributed by atoms with van der Waals surface area (Å²) >= 11 is 6.22. The number of hydrogen-bond acceptors (Lipinski definition) is 4. The predicted octanol–water partition coefficient (Wildman–Crippen LogP) is 5.30. The first-order valence-corrected chi connectivity index (χ1v) is 10.3. The number of aryl methyl sites for hydroxylation is 1. The second-order valence-corrected chi connectivity index (χ2v) is 7.93. The molecule has 1 fully saturated rings. The zero-order valence-electron chi connectivity index (χ0n) is 17.0. The lowest BCUT2D eigenvalue weighted by molar-refractivity contribution is -0.120. The van der Waals surface area contributed by atoms with Gasteiger partial charge in [0.2, 0.25) is 11.9 Å². The van der Waals surface area contributed by atoms with Gasteiger partial charge in [-0.15, -0.1) is 0 Å². The molecule has 1 saturated heterocycles. The number of ketones is 1. The van der Waals surface area contributed by atoms with Crippen LogP contribution in [0.3, 0.4) is 0 Å². The number of halogens is 1. The van der Waals surface area contributed by atoms with Crippen LogP contribution in [0.5, 0.6) is 0 Å². The van der Waals surface area contributed by atoms with Gasteiger partial charge < -0.3 is 9.14 Å². The van der Waals surface area contributed by atoms with E-state index in [1.165, 1.54) is 0 Å². The van der Waals surface area contributed by atoms with E-state index in [2.05, 4.69) is 0 Å². The summed E-state index contributed by atoms with van der Waals surface area (Å²) in [7, 11) is 0. The van der Waals surface area contributed by atoms with Crippen molar-refractivity contribution in [3.63, 3.8) is 0 Å². The molecule has 5 rings (SSSR count). The highest BCUT2D eigenvalue weighted by molar-refractivity contribution is 6.37. The predicted molar refractivity (Wildman–Crippen MR) is 121 cm³/mol. The van der Waals surface area contributed by atoms with Crippen molar-refractivity contribution >= 4 is 40.6 Å². The van der Waals surface area contributed by atoms with E-state index in [0.29, 0.717) is 11.3 Å². The number of amides is 2. The quantitative estimate of drug-likeness (QED) is 0.316. The summed E-state index contributed by atoms with van der Waals surface area (Å²) in [4.78, 5) is 40.1. The zero-order valence-corrected chi connectivity index (χ0v) is 17.7. The lowest BCUT2D eigenvalue weighted by Gasteiger charge is -2.13. The van der Waals surface area contributed by atoms with Crippen molar-refractivity contribution in [2.45, 2.75) is 13.0 Å². The van der Waals surface area contributed by atoms with E-state index in [0.717, 1.165) is 21.5 Å². The minimum Gasteiger partial charge on any atom is -0.427 e. The van der Waals surface area contributed by atoms with Gasteiger partial charge in [-0.2, -0.15) is 0 Å². The summed E-state index contributed by atoms with van der Waals surface area (Å²) in [6, 6.07) is 21.6. The van der Waals surface area contributed by atoms with Gasteiger partial charge in [-0.3, -0.25) is 9.59 Å². The van der Waals surface area contributed by atoms with Gasteiger partial charge in [0.15, 0.2) is 0 Å². The molecule has 32 heavy (non-hydrogen) atoms. The van der Waals surface area contributed by atoms with E-state index in [-0.39, 0.29) is 10.7 Å². The fraction of sp³-hybridized carbons (Fsp3) is 0.0800. The molecule has 1 unspecified atom stereocenters. The number of pyridine rings is 1. The Morgan fingerprint density at radius 2 is 1.72 bits per heavy atom. The zero-order chi connectivity index (χ0) is 22.4. The number of fused-ring (bicyclic) bond motifs is 1. The fourth-order valence-corrected chi connectivity index (χ4v) is 4.13. The molecule has 0 N–H and O–H groups in total. The third-order valence-electron chi connectivity index (χ3n) is 5.42. The van der Waals surface area contributed by atoms with Crippen LogP contribution in [-0.4, -0.2) is 28.3 Å². The van der Waals surface area contributed by atoms with Crippen molar-refractivity contribution in [1.29, 1.82) is 0 Å². The Bertz CT molecular complexity index is 1390. The highest BCUT2D eigenvalue weighted by atomic mass is 35.5. The number of cyclic esters (lactones) is 1. The molecule has 1 atom stereocenters. The van der Waals surface area contributed by atoms with Gasteiger partial charge in [0.1, 0.15) is 0 Å². The number of hydrogen-bond donors (Lipinski definition) is 0. The molecule has 1 aliphatic heterocycles. The third-order valence-corrected chi connectivity index (χ3v) is 5.74. The van der Waals surface area contributed by atoms with E-state index in [9.17, 15) is 14.4 Å². The van der Waals surface area contributed by atoms with Crippen LogP contribution in [0.1, 0.15) is 15.9 Å². The van der Waals surface area contributed by atoms with Gasteiger partial charge in [0.25, 0.3) is 5.91 Å². The largest absolute Gasteiger partial charge is 0.427 e. The van der Waals surface area contributed by atoms with E-state index < -0.39 is 23.9 Å². The number of carbonyl (C=O) groups excluding carboxylic acids is 3. The van der Waals surface area contributed by atoms with Crippen molar-refractivity contribution in [1.82, 2.24) is 4.40 Å². The topological polar surface area (TPSA) is 68.1 Å². The maximum Gasteiger partial charge on any atom is 0.422 e. The monoisotopic (exact) mass is 444 g/mol. The summed E-state index contributed by atoms with van der Waals surface area (Å²) in [5.74, 6) is -1.35. The van der Waals surface area contributed by atoms with Crippen LogP contribution in [0.15, 0.2) is 79.0 Å². The van der Waals surface area contributed by atoms with E-state index >= 15 is 0 Å². The molecule has 2 amide bonds. The summed E-state index contributed by atoms with van der Waals surface area (Å²) < 4.78 is 7.13. The normalized spacial score (nSPS) is 15.9. The minimum absolute atomic E-state index is 0.197. The van der Waals surface area contributed by atoms with E-state index in [1.807, 2.05) is 66.1 Å². The Morgan fingerprint density at radius 3 is 2.50 bits per heavy atom. The fourth-order valence-electron chi connectivity index (χ4n) is 3.93. The second kappa shape index (κ2) is 7.66. The Labute approximate surface area is 188 Å². The molecular weight excluding hydrogens is 428 g/mol. The van der Waals surface area contributed by atoms with Crippen molar-refractivity contribution in [2.24, 2.45) is 0 Å². The lowest BCUT2D eigenvalue weighted by Crippen LogP contribution is -2.35. The minimum atomic E-state index is -1.58. The van der Waals surface area contributed by atoms with E-state index in [4.69, 9.17) is 16.3 Å². The molecule has 2 aromatic carbocycles. The molecule has 6 nitrogen and oxygen atoms in total. The molecule has 0 bridgehead atoms. The van der Waals surface area contributed by atoms with Crippen LogP contribution < -0.4 is 4.90 Å². The first kappa shape index (κ1) is 20.0. The number of anilines is 1. The highest BCUT2D eigenvalue weighted by Crippen LogP contribution is 2.34. The van der Waals surface area contributed by atoms with E-state index in [1.54, 1.807) is 24.3 Å². The third kappa shape index (κ3) is 3.16. The number of nitrogens with zero attached hydrogens (tertiary/aromatic N) is 2. The Morgan fingerprint density at radius 1 is 0.969 bits per heavy atom. The maximum atomic E-state index is 13.5. The number of carbonyl (C=O) groups is 3. The van der Waals surface area contributed by atoms with Crippen LogP contribution in [-0.2, 0) is 9.53 Å². The standard InChI is InChI=1S/C25H17ClN2O4/c1-15-10-11-19(26)20(13-15)28-24(30)23(32-25(28)31)22(29)18-14-17-9-5-6-12-27(17)21(18)16-7-3-2-4-8-16/h2-14,23H,1H3. The van der Waals surface area contributed by atoms with Gasteiger partial charge in [-0.05, 0) is 48.4 Å². The first-order valence-electron chi connectivity index (χ1n) is 9.96. The van der Waals surface area contributed by atoms with Gasteiger partial charge >= 0.3 is 6.09 Å². The number of imide groups is 1. The molecule has 158 valence electrons. The molecule has 0 aliphatic carbocycles. The Hall–Kier alpha value is -3.90. The molecule has 3 heterocycles. The Kier molecular flexibility index (Phi) is 4.79. The molecule has 0 saturated carbocycles. The summed E-state index contributed by atoms with van der Waals surface area (Å²) in [6.07, 6.45) is -0.666.